The topological polar surface area (TPSA) is 67.4 Å². The molecule has 0 heterocycles. The Kier molecular flexibility index (Phi) is 6.40. The highest BCUT2D eigenvalue weighted by Crippen LogP contribution is 2.16. The van der Waals surface area contributed by atoms with E-state index in [0.29, 0.717) is 16.3 Å². The molecule has 0 aliphatic heterocycles. The van der Waals surface area contributed by atoms with Gasteiger partial charge in [-0.3, -0.25) is 0 Å². The molecule has 2 aromatic carbocycles. The molecule has 0 aliphatic rings. The van der Waals surface area contributed by atoms with Crippen LogP contribution in [0.4, 0.5) is 10.5 Å². The maximum absolute atomic E-state index is 12.0. The molecule has 5 nitrogen and oxygen atoms in total. The molecule has 2 N–H and O–H groups in total. The van der Waals surface area contributed by atoms with E-state index in [1.54, 1.807) is 49.4 Å². The summed E-state index contributed by atoms with van der Waals surface area (Å²) in [5, 5.41) is 5.81. The number of esters is 1. The third-order valence-corrected chi connectivity index (χ3v) is 3.24. The minimum absolute atomic E-state index is 0.266. The molecule has 0 saturated heterocycles. The van der Waals surface area contributed by atoms with Gasteiger partial charge in [0.1, 0.15) is 0 Å². The first-order valence-corrected chi connectivity index (χ1v) is 7.73. The standard InChI is InChI=1S/C18H17ClN2O3/c1-2-24-17(22)15-8-3-4-9-16(15)21-18(23)20-11-10-13-6-5-7-14(19)12-13/h3-12H,2H2,1H3,(H2,20,21,23)/b11-10+. The van der Waals surface area contributed by atoms with E-state index in [-0.39, 0.29) is 6.61 Å². The Bertz CT molecular complexity index is 759. The van der Waals surface area contributed by atoms with Gasteiger partial charge >= 0.3 is 12.0 Å². The van der Waals surface area contributed by atoms with Crippen molar-refractivity contribution in [1.29, 1.82) is 0 Å². The van der Waals surface area contributed by atoms with Gasteiger partial charge in [-0.05, 0) is 42.8 Å². The Hall–Kier alpha value is -2.79. The van der Waals surface area contributed by atoms with Crippen molar-refractivity contribution >= 4 is 35.4 Å². The fourth-order valence-electron chi connectivity index (χ4n) is 1.96. The summed E-state index contributed by atoms with van der Waals surface area (Å²) in [5.74, 6) is -0.483. The molecule has 0 unspecified atom stereocenters. The summed E-state index contributed by atoms with van der Waals surface area (Å²) in [5.41, 5.74) is 1.53. The van der Waals surface area contributed by atoms with E-state index in [1.807, 2.05) is 12.1 Å². The van der Waals surface area contributed by atoms with Crippen molar-refractivity contribution in [2.45, 2.75) is 6.92 Å². The van der Waals surface area contributed by atoms with Crippen LogP contribution >= 0.6 is 11.6 Å². The van der Waals surface area contributed by atoms with Gasteiger partial charge in [0.25, 0.3) is 0 Å². The van der Waals surface area contributed by atoms with Crippen molar-refractivity contribution in [3.8, 4) is 0 Å². The quantitative estimate of drug-likeness (QED) is 0.794. The third kappa shape index (κ3) is 5.14. The maximum Gasteiger partial charge on any atom is 0.340 e. The normalized spacial score (nSPS) is 10.4. The number of ether oxygens (including phenoxy) is 1. The first kappa shape index (κ1) is 17.6. The van der Waals surface area contributed by atoms with E-state index >= 15 is 0 Å². The number of rotatable bonds is 5. The van der Waals surface area contributed by atoms with Crippen LogP contribution in [0.15, 0.2) is 54.7 Å². The van der Waals surface area contributed by atoms with E-state index in [4.69, 9.17) is 16.3 Å². The van der Waals surface area contributed by atoms with Gasteiger partial charge in [-0.1, -0.05) is 35.9 Å². The average molecular weight is 345 g/mol. The number of urea groups is 1. The van der Waals surface area contributed by atoms with Gasteiger partial charge in [0.05, 0.1) is 17.9 Å². The number of hydrogen-bond donors (Lipinski definition) is 2. The molecule has 0 aromatic heterocycles. The van der Waals surface area contributed by atoms with Crippen LogP contribution in [0.3, 0.4) is 0 Å². The molecule has 124 valence electrons. The number of nitrogens with one attached hydrogen (secondary N) is 2. The van der Waals surface area contributed by atoms with Crippen LogP contribution in [0.25, 0.3) is 6.08 Å². The van der Waals surface area contributed by atoms with Crippen molar-refractivity contribution in [2.24, 2.45) is 0 Å². The lowest BCUT2D eigenvalue weighted by Gasteiger charge is -2.09. The molecule has 0 aliphatic carbocycles. The van der Waals surface area contributed by atoms with Crippen molar-refractivity contribution in [3.63, 3.8) is 0 Å². The Morgan fingerprint density at radius 1 is 1.17 bits per heavy atom. The highest BCUT2D eigenvalue weighted by molar-refractivity contribution is 6.30. The summed E-state index contributed by atoms with van der Waals surface area (Å²) < 4.78 is 4.96. The van der Waals surface area contributed by atoms with E-state index in [1.165, 1.54) is 6.20 Å². The zero-order valence-electron chi connectivity index (χ0n) is 13.1. The Labute approximate surface area is 145 Å². The summed E-state index contributed by atoms with van der Waals surface area (Å²) in [6, 6.07) is 13.4. The second-order valence-corrected chi connectivity index (χ2v) is 5.19. The molecule has 0 saturated carbocycles. The van der Waals surface area contributed by atoms with E-state index in [9.17, 15) is 9.59 Å². The highest BCUT2D eigenvalue weighted by atomic mass is 35.5. The maximum atomic E-state index is 12.0. The SMILES string of the molecule is CCOC(=O)c1ccccc1NC(=O)N/C=C/c1cccc(Cl)c1. The van der Waals surface area contributed by atoms with Crippen LogP contribution in [-0.2, 0) is 4.74 Å². The lowest BCUT2D eigenvalue weighted by Crippen LogP contribution is -2.25. The van der Waals surface area contributed by atoms with Crippen molar-refractivity contribution < 1.29 is 14.3 Å². The van der Waals surface area contributed by atoms with E-state index < -0.39 is 12.0 Å². The second-order valence-electron chi connectivity index (χ2n) is 4.75. The summed E-state index contributed by atoms with van der Waals surface area (Å²) in [4.78, 5) is 23.8. The first-order chi connectivity index (χ1) is 11.6. The van der Waals surface area contributed by atoms with Crippen LogP contribution in [0.5, 0.6) is 0 Å². The molecule has 6 heteroatoms. The highest BCUT2D eigenvalue weighted by Gasteiger charge is 2.13. The van der Waals surface area contributed by atoms with Gasteiger partial charge in [-0.2, -0.15) is 0 Å². The molecule has 2 amide bonds. The van der Waals surface area contributed by atoms with Crippen molar-refractivity contribution in [3.05, 3.63) is 70.9 Å². The molecule has 0 bridgehead atoms. The van der Waals surface area contributed by atoms with Gasteiger partial charge in [0.2, 0.25) is 0 Å². The summed E-state index contributed by atoms with van der Waals surface area (Å²) in [7, 11) is 0. The number of halogens is 1. The predicted molar refractivity (Wildman–Crippen MR) is 95.0 cm³/mol. The zero-order chi connectivity index (χ0) is 17.4. The van der Waals surface area contributed by atoms with Gasteiger partial charge < -0.3 is 15.4 Å². The molecule has 2 rings (SSSR count). The average Bonchev–Trinajstić information content (AvgIpc) is 2.55. The van der Waals surface area contributed by atoms with Gasteiger partial charge in [0.15, 0.2) is 0 Å². The Balaban J connectivity index is 1.99. The lowest BCUT2D eigenvalue weighted by atomic mass is 10.2. The van der Waals surface area contributed by atoms with E-state index in [0.717, 1.165) is 5.56 Å². The molecule has 0 radical (unpaired) electrons. The first-order valence-electron chi connectivity index (χ1n) is 7.36. The zero-order valence-corrected chi connectivity index (χ0v) is 13.8. The van der Waals surface area contributed by atoms with Gasteiger partial charge in [-0.25, -0.2) is 9.59 Å². The van der Waals surface area contributed by atoms with Crippen LogP contribution in [0.2, 0.25) is 5.02 Å². The van der Waals surface area contributed by atoms with Gasteiger partial charge in [0, 0.05) is 11.2 Å². The molecule has 24 heavy (non-hydrogen) atoms. The summed E-state index contributed by atoms with van der Waals surface area (Å²) >= 11 is 5.89. The molecule has 0 fully saturated rings. The number of para-hydroxylation sites is 1. The van der Waals surface area contributed by atoms with E-state index in [2.05, 4.69) is 10.6 Å². The molecular formula is C18H17ClN2O3. The Morgan fingerprint density at radius 2 is 1.96 bits per heavy atom. The van der Waals surface area contributed by atoms with Crippen molar-refractivity contribution in [2.75, 3.05) is 11.9 Å². The minimum Gasteiger partial charge on any atom is -0.462 e. The lowest BCUT2D eigenvalue weighted by molar-refractivity contribution is 0.0527. The van der Waals surface area contributed by atoms with Gasteiger partial charge in [-0.15, -0.1) is 0 Å². The minimum atomic E-state index is -0.483. The second kappa shape index (κ2) is 8.74. The number of anilines is 1. The number of carbonyl (C=O) groups is 2. The smallest absolute Gasteiger partial charge is 0.340 e. The predicted octanol–water partition coefficient (Wildman–Crippen LogP) is 4.31. The molecule has 0 spiro atoms. The molecule has 2 aromatic rings. The summed E-state index contributed by atoms with van der Waals surface area (Å²) in [6.07, 6.45) is 3.21. The third-order valence-electron chi connectivity index (χ3n) is 3.01. The number of hydrogen-bond acceptors (Lipinski definition) is 3. The number of amides is 2. The largest absolute Gasteiger partial charge is 0.462 e. The Morgan fingerprint density at radius 3 is 2.71 bits per heavy atom. The summed E-state index contributed by atoms with van der Waals surface area (Å²) in [6.45, 7) is 1.99. The van der Waals surface area contributed by atoms with Crippen molar-refractivity contribution in [1.82, 2.24) is 5.32 Å². The molecule has 0 atom stereocenters. The number of benzene rings is 2. The fourth-order valence-corrected chi connectivity index (χ4v) is 2.16. The van der Waals surface area contributed by atoms with Crippen LogP contribution < -0.4 is 10.6 Å². The molecular weight excluding hydrogens is 328 g/mol. The number of carbonyl (C=O) groups excluding carboxylic acids is 2. The van der Waals surface area contributed by atoms with Crippen LogP contribution in [-0.4, -0.2) is 18.6 Å². The van der Waals surface area contributed by atoms with Crippen LogP contribution in [0, 0.1) is 0 Å². The van der Waals surface area contributed by atoms with Crippen LogP contribution in [0.1, 0.15) is 22.8 Å². The monoisotopic (exact) mass is 344 g/mol. The fraction of sp³-hybridized carbons (Fsp3) is 0.111.